The first-order chi connectivity index (χ1) is 12.2. The summed E-state index contributed by atoms with van der Waals surface area (Å²) in [4.78, 5) is 0. The second-order valence-corrected chi connectivity index (χ2v) is 6.00. The molecule has 126 valence electrons. The van der Waals surface area contributed by atoms with Crippen LogP contribution in [-0.4, -0.2) is 23.9 Å². The smallest absolute Gasteiger partial charge is 0.132 e. The molecule has 1 N–H and O–H groups in total. The number of phenols is 1. The van der Waals surface area contributed by atoms with Gasteiger partial charge in [0.15, 0.2) is 0 Å². The molecule has 0 radical (unpaired) electrons. The Hall–Kier alpha value is -3.14. The van der Waals surface area contributed by atoms with Gasteiger partial charge in [0.1, 0.15) is 17.2 Å². The third-order valence-corrected chi connectivity index (χ3v) is 4.53. The Labute approximate surface area is 145 Å². The van der Waals surface area contributed by atoms with Crippen molar-refractivity contribution in [2.24, 2.45) is 0 Å². The molecular formula is C21H19NO3. The fraction of sp³-hybridized carbons (Fsp3) is 0.143. The predicted octanol–water partition coefficient (Wildman–Crippen LogP) is 4.57. The lowest BCUT2D eigenvalue weighted by molar-refractivity contribution is 0.398. The minimum atomic E-state index is 0.240. The van der Waals surface area contributed by atoms with E-state index in [1.54, 1.807) is 26.4 Å². The van der Waals surface area contributed by atoms with E-state index in [9.17, 15) is 5.11 Å². The van der Waals surface area contributed by atoms with Gasteiger partial charge in [0, 0.05) is 35.0 Å². The molecule has 0 bridgehead atoms. The van der Waals surface area contributed by atoms with Gasteiger partial charge in [0.2, 0.25) is 0 Å². The van der Waals surface area contributed by atoms with Crippen LogP contribution in [0, 0.1) is 0 Å². The van der Waals surface area contributed by atoms with Gasteiger partial charge in [-0.2, -0.15) is 0 Å². The molecule has 25 heavy (non-hydrogen) atoms. The van der Waals surface area contributed by atoms with E-state index in [-0.39, 0.29) is 5.75 Å². The van der Waals surface area contributed by atoms with Crippen molar-refractivity contribution in [3.63, 3.8) is 0 Å². The summed E-state index contributed by atoms with van der Waals surface area (Å²) in [6, 6.07) is 19.6. The Balaban J connectivity index is 2.07. The maximum atomic E-state index is 9.98. The van der Waals surface area contributed by atoms with Crippen molar-refractivity contribution < 1.29 is 14.6 Å². The van der Waals surface area contributed by atoms with E-state index in [0.717, 1.165) is 39.8 Å². The minimum Gasteiger partial charge on any atom is -0.508 e. The predicted molar refractivity (Wildman–Crippen MR) is 99.8 cm³/mol. The standard InChI is InChI=1S/C21H19NO3/c1-24-16-11-19-21(20(12-16)25-2)17-10-15(23)8-9-18(17)22(19)13-14-6-4-3-5-7-14/h3-12,23H,13H2,1-2H3. The van der Waals surface area contributed by atoms with Crippen molar-refractivity contribution in [2.45, 2.75) is 6.54 Å². The van der Waals surface area contributed by atoms with E-state index < -0.39 is 0 Å². The summed E-state index contributed by atoms with van der Waals surface area (Å²) >= 11 is 0. The van der Waals surface area contributed by atoms with Gasteiger partial charge in [-0.1, -0.05) is 30.3 Å². The Morgan fingerprint density at radius 1 is 0.880 bits per heavy atom. The van der Waals surface area contributed by atoms with E-state index in [4.69, 9.17) is 9.47 Å². The van der Waals surface area contributed by atoms with Crippen LogP contribution in [0.5, 0.6) is 17.2 Å². The number of rotatable bonds is 4. The highest BCUT2D eigenvalue weighted by Crippen LogP contribution is 2.40. The topological polar surface area (TPSA) is 43.6 Å². The molecule has 0 unspecified atom stereocenters. The molecule has 4 rings (SSSR count). The summed E-state index contributed by atoms with van der Waals surface area (Å²) < 4.78 is 13.3. The third kappa shape index (κ3) is 2.56. The zero-order valence-electron chi connectivity index (χ0n) is 14.2. The lowest BCUT2D eigenvalue weighted by Gasteiger charge is -2.10. The normalized spacial score (nSPS) is 11.1. The molecule has 0 aliphatic heterocycles. The average molecular weight is 333 g/mol. The van der Waals surface area contributed by atoms with Crippen LogP contribution in [0.15, 0.2) is 60.7 Å². The quantitative estimate of drug-likeness (QED) is 0.595. The zero-order valence-corrected chi connectivity index (χ0v) is 14.2. The van der Waals surface area contributed by atoms with E-state index in [0.29, 0.717) is 0 Å². The van der Waals surface area contributed by atoms with Crippen LogP contribution >= 0.6 is 0 Å². The van der Waals surface area contributed by atoms with Gasteiger partial charge in [-0.3, -0.25) is 0 Å². The van der Waals surface area contributed by atoms with Crippen molar-refractivity contribution in [1.29, 1.82) is 0 Å². The number of nitrogens with zero attached hydrogens (tertiary/aromatic N) is 1. The summed E-state index contributed by atoms with van der Waals surface area (Å²) in [5.74, 6) is 1.71. The fourth-order valence-corrected chi connectivity index (χ4v) is 3.36. The van der Waals surface area contributed by atoms with Crippen molar-refractivity contribution >= 4 is 21.8 Å². The number of fused-ring (bicyclic) bond motifs is 3. The summed E-state index contributed by atoms with van der Waals surface area (Å²) in [6.07, 6.45) is 0. The second-order valence-electron chi connectivity index (χ2n) is 6.00. The van der Waals surface area contributed by atoms with Crippen molar-refractivity contribution in [1.82, 2.24) is 4.57 Å². The van der Waals surface area contributed by atoms with E-state index in [1.807, 2.05) is 36.4 Å². The molecule has 0 aliphatic carbocycles. The van der Waals surface area contributed by atoms with Gasteiger partial charge in [0.25, 0.3) is 0 Å². The van der Waals surface area contributed by atoms with E-state index in [1.165, 1.54) is 5.56 Å². The Morgan fingerprint density at radius 3 is 2.40 bits per heavy atom. The van der Waals surface area contributed by atoms with Gasteiger partial charge in [-0.05, 0) is 23.8 Å². The van der Waals surface area contributed by atoms with Crippen LogP contribution in [0.4, 0.5) is 0 Å². The number of methoxy groups -OCH3 is 2. The summed E-state index contributed by atoms with van der Waals surface area (Å²) in [5.41, 5.74) is 3.26. The van der Waals surface area contributed by atoms with Crippen LogP contribution in [0.25, 0.3) is 21.8 Å². The molecule has 0 aliphatic rings. The average Bonchev–Trinajstić information content (AvgIpc) is 2.95. The fourth-order valence-electron chi connectivity index (χ4n) is 3.36. The van der Waals surface area contributed by atoms with E-state index in [2.05, 4.69) is 16.7 Å². The van der Waals surface area contributed by atoms with Crippen LogP contribution in [0.2, 0.25) is 0 Å². The molecule has 0 fully saturated rings. The van der Waals surface area contributed by atoms with Gasteiger partial charge in [-0.25, -0.2) is 0 Å². The molecule has 1 aromatic heterocycles. The molecule has 4 aromatic rings. The van der Waals surface area contributed by atoms with Crippen molar-refractivity contribution in [2.75, 3.05) is 14.2 Å². The molecule has 4 nitrogen and oxygen atoms in total. The zero-order chi connectivity index (χ0) is 17.4. The van der Waals surface area contributed by atoms with Gasteiger partial charge >= 0.3 is 0 Å². The number of hydrogen-bond acceptors (Lipinski definition) is 3. The lowest BCUT2D eigenvalue weighted by Crippen LogP contribution is -1.99. The number of hydrogen-bond donors (Lipinski definition) is 1. The first-order valence-corrected chi connectivity index (χ1v) is 8.12. The van der Waals surface area contributed by atoms with Crippen LogP contribution in [0.3, 0.4) is 0 Å². The molecule has 0 amide bonds. The monoisotopic (exact) mass is 333 g/mol. The first-order valence-electron chi connectivity index (χ1n) is 8.12. The molecule has 0 spiro atoms. The van der Waals surface area contributed by atoms with Crippen LogP contribution in [-0.2, 0) is 6.54 Å². The summed E-state index contributed by atoms with van der Waals surface area (Å²) in [6.45, 7) is 0.724. The number of ether oxygens (including phenoxy) is 2. The highest BCUT2D eigenvalue weighted by atomic mass is 16.5. The molecule has 3 aromatic carbocycles. The molecular weight excluding hydrogens is 314 g/mol. The minimum absolute atomic E-state index is 0.240. The van der Waals surface area contributed by atoms with Gasteiger partial charge < -0.3 is 19.1 Å². The Bertz CT molecular complexity index is 1050. The molecule has 1 heterocycles. The number of benzene rings is 3. The number of phenolic OH excluding ortho intramolecular Hbond substituents is 1. The van der Waals surface area contributed by atoms with Crippen LogP contribution in [0.1, 0.15) is 5.56 Å². The van der Waals surface area contributed by atoms with Crippen molar-refractivity contribution in [3.05, 3.63) is 66.2 Å². The third-order valence-electron chi connectivity index (χ3n) is 4.53. The highest BCUT2D eigenvalue weighted by Gasteiger charge is 2.17. The Morgan fingerprint density at radius 2 is 1.68 bits per heavy atom. The molecule has 4 heteroatoms. The largest absolute Gasteiger partial charge is 0.508 e. The van der Waals surface area contributed by atoms with Gasteiger partial charge in [0.05, 0.1) is 19.7 Å². The first kappa shape index (κ1) is 15.4. The molecule has 0 saturated carbocycles. The maximum Gasteiger partial charge on any atom is 0.132 e. The second kappa shape index (κ2) is 6.06. The maximum absolute atomic E-state index is 9.98. The Kier molecular flexibility index (Phi) is 3.73. The summed E-state index contributed by atoms with van der Waals surface area (Å²) in [5, 5.41) is 11.9. The number of aromatic hydroxyl groups is 1. The lowest BCUT2D eigenvalue weighted by atomic mass is 10.1. The van der Waals surface area contributed by atoms with E-state index >= 15 is 0 Å². The SMILES string of the molecule is COc1cc(OC)c2c3cc(O)ccc3n(Cc3ccccc3)c2c1. The highest BCUT2D eigenvalue weighted by molar-refractivity contribution is 6.12. The molecule has 0 atom stereocenters. The number of aromatic nitrogens is 1. The summed E-state index contributed by atoms with van der Waals surface area (Å²) in [7, 11) is 3.30. The van der Waals surface area contributed by atoms with Gasteiger partial charge in [-0.15, -0.1) is 0 Å². The molecule has 0 saturated heterocycles. The van der Waals surface area contributed by atoms with Crippen molar-refractivity contribution in [3.8, 4) is 17.2 Å². The van der Waals surface area contributed by atoms with Crippen LogP contribution < -0.4 is 9.47 Å².